The minimum atomic E-state index is 0.133. The monoisotopic (exact) mass is 246 g/mol. The first-order valence-corrected chi connectivity index (χ1v) is 6.16. The molecule has 0 bridgehead atoms. The third-order valence-corrected chi connectivity index (χ3v) is 2.76. The summed E-state index contributed by atoms with van der Waals surface area (Å²) in [7, 11) is 0. The SMILES string of the molecule is CCn1cc(COc2ccccc2CCO)cn1. The molecule has 1 heterocycles. The number of rotatable bonds is 6. The largest absolute Gasteiger partial charge is 0.489 e. The van der Waals surface area contributed by atoms with Gasteiger partial charge in [-0.3, -0.25) is 4.68 Å². The summed E-state index contributed by atoms with van der Waals surface area (Å²) in [6.45, 7) is 3.55. The molecule has 2 rings (SSSR count). The molecule has 96 valence electrons. The second-order valence-corrected chi connectivity index (χ2v) is 4.07. The molecule has 18 heavy (non-hydrogen) atoms. The predicted molar refractivity (Wildman–Crippen MR) is 69.5 cm³/mol. The van der Waals surface area contributed by atoms with Crippen molar-refractivity contribution in [3.8, 4) is 5.75 Å². The average molecular weight is 246 g/mol. The van der Waals surface area contributed by atoms with Gasteiger partial charge in [-0.2, -0.15) is 5.10 Å². The lowest BCUT2D eigenvalue weighted by molar-refractivity contribution is 0.284. The van der Waals surface area contributed by atoms with Crippen molar-refractivity contribution in [2.75, 3.05) is 6.61 Å². The first-order chi connectivity index (χ1) is 8.83. The molecule has 0 fully saturated rings. The van der Waals surface area contributed by atoms with Crippen LogP contribution in [0.5, 0.6) is 5.75 Å². The van der Waals surface area contributed by atoms with Crippen LogP contribution in [-0.2, 0) is 19.6 Å². The number of hydrogen-bond donors (Lipinski definition) is 1. The fraction of sp³-hybridized carbons (Fsp3) is 0.357. The molecule has 1 aromatic heterocycles. The molecule has 0 aliphatic rings. The van der Waals surface area contributed by atoms with E-state index < -0.39 is 0 Å². The second-order valence-electron chi connectivity index (χ2n) is 4.07. The highest BCUT2D eigenvalue weighted by Gasteiger charge is 2.04. The number of aromatic nitrogens is 2. The number of aliphatic hydroxyl groups excluding tert-OH is 1. The summed E-state index contributed by atoms with van der Waals surface area (Å²) in [5.74, 6) is 0.829. The van der Waals surface area contributed by atoms with Gasteiger partial charge >= 0.3 is 0 Å². The van der Waals surface area contributed by atoms with Crippen molar-refractivity contribution in [1.82, 2.24) is 9.78 Å². The van der Waals surface area contributed by atoms with Crippen molar-refractivity contribution >= 4 is 0 Å². The van der Waals surface area contributed by atoms with E-state index in [-0.39, 0.29) is 6.61 Å². The minimum Gasteiger partial charge on any atom is -0.489 e. The summed E-state index contributed by atoms with van der Waals surface area (Å²) >= 11 is 0. The molecule has 0 saturated carbocycles. The summed E-state index contributed by atoms with van der Waals surface area (Å²) in [6, 6.07) is 7.79. The lowest BCUT2D eigenvalue weighted by atomic mass is 10.1. The van der Waals surface area contributed by atoms with Crippen molar-refractivity contribution in [3.63, 3.8) is 0 Å². The quantitative estimate of drug-likeness (QED) is 0.848. The van der Waals surface area contributed by atoms with Crippen LogP contribution in [0, 0.1) is 0 Å². The molecule has 4 heteroatoms. The zero-order valence-corrected chi connectivity index (χ0v) is 10.5. The molecular weight excluding hydrogens is 228 g/mol. The summed E-state index contributed by atoms with van der Waals surface area (Å²) < 4.78 is 7.64. The molecule has 1 aromatic carbocycles. The van der Waals surface area contributed by atoms with Gasteiger partial charge < -0.3 is 9.84 Å². The van der Waals surface area contributed by atoms with Gasteiger partial charge in [-0.1, -0.05) is 18.2 Å². The van der Waals surface area contributed by atoms with Gasteiger partial charge in [0, 0.05) is 24.9 Å². The Kier molecular flexibility index (Phi) is 4.36. The van der Waals surface area contributed by atoms with Crippen LogP contribution in [0.4, 0.5) is 0 Å². The van der Waals surface area contributed by atoms with Gasteiger partial charge in [-0.15, -0.1) is 0 Å². The molecule has 4 nitrogen and oxygen atoms in total. The summed E-state index contributed by atoms with van der Waals surface area (Å²) in [5.41, 5.74) is 2.08. The zero-order valence-electron chi connectivity index (χ0n) is 10.5. The van der Waals surface area contributed by atoms with Crippen molar-refractivity contribution < 1.29 is 9.84 Å². The van der Waals surface area contributed by atoms with Crippen molar-refractivity contribution in [2.45, 2.75) is 26.5 Å². The highest BCUT2D eigenvalue weighted by Crippen LogP contribution is 2.19. The number of hydrogen-bond acceptors (Lipinski definition) is 3. The van der Waals surface area contributed by atoms with E-state index in [9.17, 15) is 0 Å². The highest BCUT2D eigenvalue weighted by atomic mass is 16.5. The van der Waals surface area contributed by atoms with E-state index in [2.05, 4.69) is 5.10 Å². The van der Waals surface area contributed by atoms with Gasteiger partial charge in [0.15, 0.2) is 0 Å². The minimum absolute atomic E-state index is 0.133. The Morgan fingerprint density at radius 3 is 2.89 bits per heavy atom. The topological polar surface area (TPSA) is 47.3 Å². The maximum Gasteiger partial charge on any atom is 0.123 e. The van der Waals surface area contributed by atoms with Crippen molar-refractivity contribution in [3.05, 3.63) is 47.8 Å². The number of para-hydroxylation sites is 1. The van der Waals surface area contributed by atoms with Crippen LogP contribution >= 0.6 is 0 Å². The van der Waals surface area contributed by atoms with Gasteiger partial charge in [0.05, 0.1) is 6.20 Å². The number of nitrogens with zero attached hydrogens (tertiary/aromatic N) is 2. The Hall–Kier alpha value is -1.81. The van der Waals surface area contributed by atoms with Gasteiger partial charge in [0.1, 0.15) is 12.4 Å². The van der Waals surface area contributed by atoms with Crippen LogP contribution in [0.3, 0.4) is 0 Å². The van der Waals surface area contributed by atoms with Gasteiger partial charge in [0.25, 0.3) is 0 Å². The lowest BCUT2D eigenvalue weighted by Gasteiger charge is -2.09. The van der Waals surface area contributed by atoms with Crippen molar-refractivity contribution in [2.24, 2.45) is 0 Å². The third kappa shape index (κ3) is 3.11. The third-order valence-electron chi connectivity index (χ3n) is 2.76. The number of aryl methyl sites for hydroxylation is 1. The van der Waals surface area contributed by atoms with Crippen LogP contribution in [0.1, 0.15) is 18.1 Å². The molecule has 0 unspecified atom stereocenters. The van der Waals surface area contributed by atoms with Crippen LogP contribution in [0.15, 0.2) is 36.7 Å². The maximum absolute atomic E-state index is 9.00. The molecule has 0 atom stereocenters. The van der Waals surface area contributed by atoms with E-state index in [1.165, 1.54) is 0 Å². The van der Waals surface area contributed by atoms with Gasteiger partial charge in [-0.05, 0) is 25.0 Å². The Morgan fingerprint density at radius 2 is 2.17 bits per heavy atom. The zero-order chi connectivity index (χ0) is 12.8. The molecule has 0 spiro atoms. The standard InChI is InChI=1S/C14H18N2O2/c1-2-16-10-12(9-15-16)11-18-14-6-4-3-5-13(14)7-8-17/h3-6,9-10,17H,2,7-8,11H2,1H3. The summed E-state index contributed by atoms with van der Waals surface area (Å²) in [4.78, 5) is 0. The van der Waals surface area contributed by atoms with E-state index in [4.69, 9.17) is 9.84 Å². The van der Waals surface area contributed by atoms with E-state index in [0.717, 1.165) is 23.4 Å². The van der Waals surface area contributed by atoms with Gasteiger partial charge in [0.2, 0.25) is 0 Å². The smallest absolute Gasteiger partial charge is 0.123 e. The average Bonchev–Trinajstić information content (AvgIpc) is 2.86. The first-order valence-electron chi connectivity index (χ1n) is 6.16. The van der Waals surface area contributed by atoms with Crippen LogP contribution in [0.2, 0.25) is 0 Å². The lowest BCUT2D eigenvalue weighted by Crippen LogP contribution is -1.99. The van der Waals surface area contributed by atoms with Crippen LogP contribution in [-0.4, -0.2) is 21.5 Å². The Morgan fingerprint density at radius 1 is 1.33 bits per heavy atom. The molecule has 1 N–H and O–H groups in total. The van der Waals surface area contributed by atoms with E-state index in [0.29, 0.717) is 13.0 Å². The molecular formula is C14H18N2O2. The molecule has 0 saturated heterocycles. The van der Waals surface area contributed by atoms with Crippen LogP contribution < -0.4 is 4.74 Å². The van der Waals surface area contributed by atoms with E-state index in [1.54, 1.807) is 0 Å². The maximum atomic E-state index is 9.00. The fourth-order valence-electron chi connectivity index (χ4n) is 1.79. The summed E-state index contributed by atoms with van der Waals surface area (Å²) in [5, 5.41) is 13.2. The predicted octanol–water partition coefficient (Wildman–Crippen LogP) is 2.02. The molecule has 0 aliphatic carbocycles. The second kappa shape index (κ2) is 6.21. The molecule has 0 aliphatic heterocycles. The number of benzene rings is 1. The summed E-state index contributed by atoms with van der Waals surface area (Å²) in [6.07, 6.45) is 4.41. The Labute approximate surface area is 107 Å². The fourth-order valence-corrected chi connectivity index (χ4v) is 1.79. The van der Waals surface area contributed by atoms with E-state index >= 15 is 0 Å². The Bertz CT molecular complexity index is 494. The number of aliphatic hydroxyl groups is 1. The highest BCUT2D eigenvalue weighted by molar-refractivity contribution is 5.33. The molecule has 2 aromatic rings. The normalized spacial score (nSPS) is 10.6. The molecule has 0 radical (unpaired) electrons. The first kappa shape index (κ1) is 12.6. The van der Waals surface area contributed by atoms with Gasteiger partial charge in [-0.25, -0.2) is 0 Å². The van der Waals surface area contributed by atoms with Crippen molar-refractivity contribution in [1.29, 1.82) is 0 Å². The Balaban J connectivity index is 2.01. The number of ether oxygens (including phenoxy) is 1. The van der Waals surface area contributed by atoms with E-state index in [1.807, 2.05) is 48.3 Å². The van der Waals surface area contributed by atoms with Crippen LogP contribution in [0.25, 0.3) is 0 Å². The molecule has 0 amide bonds.